The maximum atomic E-state index is 12.4. The zero-order valence-corrected chi connectivity index (χ0v) is 16.8. The Morgan fingerprint density at radius 3 is 2.79 bits per heavy atom. The van der Waals surface area contributed by atoms with Crippen molar-refractivity contribution in [3.8, 4) is 22.6 Å². The van der Waals surface area contributed by atoms with Crippen LogP contribution in [0.3, 0.4) is 0 Å². The molecule has 0 saturated carbocycles. The number of amides is 1. The molecular formula is C23H25N3O3. The molecule has 4 rings (SSSR count). The highest BCUT2D eigenvalue weighted by Gasteiger charge is 2.25. The Kier molecular flexibility index (Phi) is 5.25. The van der Waals surface area contributed by atoms with Crippen LogP contribution in [0.4, 0.5) is 0 Å². The van der Waals surface area contributed by atoms with Gasteiger partial charge in [-0.1, -0.05) is 25.5 Å². The van der Waals surface area contributed by atoms with Crippen molar-refractivity contribution >= 4 is 5.91 Å². The lowest BCUT2D eigenvalue weighted by atomic mass is 9.99. The van der Waals surface area contributed by atoms with Crippen LogP contribution in [0.25, 0.3) is 11.1 Å². The smallest absolute Gasteiger partial charge is 0.251 e. The fraction of sp³-hybridized carbons (Fsp3) is 0.304. The molecule has 6 nitrogen and oxygen atoms in total. The molecule has 2 N–H and O–H groups in total. The maximum absolute atomic E-state index is 12.4. The summed E-state index contributed by atoms with van der Waals surface area (Å²) in [5.74, 6) is 1.10. The van der Waals surface area contributed by atoms with Crippen molar-refractivity contribution in [2.75, 3.05) is 6.79 Å². The van der Waals surface area contributed by atoms with E-state index in [1.165, 1.54) is 0 Å². The lowest BCUT2D eigenvalue weighted by Crippen LogP contribution is -2.13. The largest absolute Gasteiger partial charge is 0.454 e. The van der Waals surface area contributed by atoms with Crippen LogP contribution in [0.2, 0.25) is 0 Å². The number of rotatable bonds is 7. The molecule has 0 atom stereocenters. The summed E-state index contributed by atoms with van der Waals surface area (Å²) in [5, 5.41) is 0. The van der Waals surface area contributed by atoms with Gasteiger partial charge in [0.25, 0.3) is 5.91 Å². The normalized spacial score (nSPS) is 12.3. The zero-order chi connectivity index (χ0) is 20.4. The van der Waals surface area contributed by atoms with Crippen molar-refractivity contribution in [3.63, 3.8) is 0 Å². The highest BCUT2D eigenvalue weighted by molar-refractivity contribution is 6.02. The number of primary amides is 1. The molecule has 1 aliphatic rings. The number of carbonyl (C=O) groups is 1. The van der Waals surface area contributed by atoms with Gasteiger partial charge in [0.05, 0.1) is 5.56 Å². The van der Waals surface area contributed by atoms with Crippen molar-refractivity contribution in [2.45, 2.75) is 39.7 Å². The Bertz CT molecular complexity index is 1040. The molecule has 1 aliphatic heterocycles. The number of unbranched alkanes of at least 4 members (excludes halogenated alkanes) is 1. The molecule has 0 aliphatic carbocycles. The SMILES string of the molecule is CCCCc1c(-c2cccnc2)c(C(N)=O)c(C)n1Cc1ccc2c(c1)OCO2. The number of ether oxygens (including phenoxy) is 2. The number of hydrogen-bond acceptors (Lipinski definition) is 4. The highest BCUT2D eigenvalue weighted by Crippen LogP contribution is 2.36. The van der Waals surface area contributed by atoms with Gasteiger partial charge in [-0.05, 0) is 43.5 Å². The molecule has 3 heterocycles. The van der Waals surface area contributed by atoms with E-state index in [9.17, 15) is 4.79 Å². The minimum atomic E-state index is -0.413. The summed E-state index contributed by atoms with van der Waals surface area (Å²) in [6, 6.07) is 9.82. The summed E-state index contributed by atoms with van der Waals surface area (Å²) < 4.78 is 13.1. The molecule has 29 heavy (non-hydrogen) atoms. The second kappa shape index (κ2) is 7.99. The Balaban J connectivity index is 1.85. The fourth-order valence-corrected chi connectivity index (χ4v) is 3.96. The lowest BCUT2D eigenvalue weighted by Gasteiger charge is -2.14. The molecule has 0 bridgehead atoms. The quantitative estimate of drug-likeness (QED) is 0.658. The van der Waals surface area contributed by atoms with Gasteiger partial charge in [-0.25, -0.2) is 0 Å². The molecular weight excluding hydrogens is 366 g/mol. The number of nitrogens with zero attached hydrogens (tertiary/aromatic N) is 2. The number of nitrogens with two attached hydrogens (primary N) is 1. The monoisotopic (exact) mass is 391 g/mol. The Labute approximate surface area is 170 Å². The van der Waals surface area contributed by atoms with E-state index in [-0.39, 0.29) is 6.79 Å². The van der Waals surface area contributed by atoms with Gasteiger partial charge in [-0.15, -0.1) is 0 Å². The van der Waals surface area contributed by atoms with Gasteiger partial charge in [0, 0.05) is 41.5 Å². The van der Waals surface area contributed by atoms with Gasteiger partial charge < -0.3 is 19.8 Å². The van der Waals surface area contributed by atoms with Gasteiger partial charge in [-0.2, -0.15) is 0 Å². The molecule has 0 unspecified atom stereocenters. The molecule has 0 saturated heterocycles. The van der Waals surface area contributed by atoms with E-state index in [1.54, 1.807) is 12.4 Å². The minimum Gasteiger partial charge on any atom is -0.454 e. The number of carbonyl (C=O) groups excluding carboxylic acids is 1. The van der Waals surface area contributed by atoms with E-state index in [2.05, 4.69) is 16.5 Å². The van der Waals surface area contributed by atoms with Gasteiger partial charge in [-0.3, -0.25) is 9.78 Å². The van der Waals surface area contributed by atoms with E-state index < -0.39 is 5.91 Å². The van der Waals surface area contributed by atoms with Crippen LogP contribution < -0.4 is 15.2 Å². The first-order chi connectivity index (χ1) is 14.1. The van der Waals surface area contributed by atoms with Crippen molar-refractivity contribution in [2.24, 2.45) is 5.73 Å². The van der Waals surface area contributed by atoms with Crippen molar-refractivity contribution in [1.82, 2.24) is 9.55 Å². The average molecular weight is 391 g/mol. The van der Waals surface area contributed by atoms with Gasteiger partial charge in [0.1, 0.15) is 0 Å². The lowest BCUT2D eigenvalue weighted by molar-refractivity contribution is 0.1000. The predicted molar refractivity (Wildman–Crippen MR) is 111 cm³/mol. The molecule has 1 amide bonds. The Hall–Kier alpha value is -3.28. The summed E-state index contributed by atoms with van der Waals surface area (Å²) in [4.78, 5) is 16.7. The van der Waals surface area contributed by atoms with E-state index >= 15 is 0 Å². The number of fused-ring (bicyclic) bond motifs is 1. The van der Waals surface area contributed by atoms with Crippen molar-refractivity contribution < 1.29 is 14.3 Å². The molecule has 0 spiro atoms. The van der Waals surface area contributed by atoms with Crippen LogP contribution in [0.5, 0.6) is 11.5 Å². The second-order valence-electron chi connectivity index (χ2n) is 7.27. The summed E-state index contributed by atoms with van der Waals surface area (Å²) in [6.07, 6.45) is 6.47. The fourth-order valence-electron chi connectivity index (χ4n) is 3.96. The van der Waals surface area contributed by atoms with Gasteiger partial charge >= 0.3 is 0 Å². The van der Waals surface area contributed by atoms with Gasteiger partial charge in [0.15, 0.2) is 11.5 Å². The molecule has 150 valence electrons. The first-order valence-corrected chi connectivity index (χ1v) is 9.90. The molecule has 6 heteroatoms. The zero-order valence-electron chi connectivity index (χ0n) is 16.8. The molecule has 2 aromatic heterocycles. The summed E-state index contributed by atoms with van der Waals surface area (Å²) >= 11 is 0. The van der Waals surface area contributed by atoms with Crippen LogP contribution in [-0.2, 0) is 13.0 Å². The van der Waals surface area contributed by atoms with Crippen LogP contribution >= 0.6 is 0 Å². The van der Waals surface area contributed by atoms with Crippen molar-refractivity contribution in [3.05, 3.63) is 65.2 Å². The molecule has 1 aromatic carbocycles. The first kappa shape index (κ1) is 19.1. The highest BCUT2D eigenvalue weighted by atomic mass is 16.7. The molecule has 0 fully saturated rings. The maximum Gasteiger partial charge on any atom is 0.251 e. The van der Waals surface area contributed by atoms with E-state index in [0.29, 0.717) is 12.1 Å². The number of aromatic nitrogens is 2. The number of hydrogen-bond donors (Lipinski definition) is 1. The predicted octanol–water partition coefficient (Wildman–Crippen LogP) is 4.08. The summed E-state index contributed by atoms with van der Waals surface area (Å²) in [5.41, 5.74) is 11.3. The summed E-state index contributed by atoms with van der Waals surface area (Å²) in [7, 11) is 0. The third-order valence-corrected chi connectivity index (χ3v) is 5.37. The van der Waals surface area contributed by atoms with Crippen LogP contribution in [0.1, 0.15) is 47.1 Å². The second-order valence-corrected chi connectivity index (χ2v) is 7.27. The minimum absolute atomic E-state index is 0.250. The standard InChI is InChI=1S/C23H25N3O3/c1-3-4-7-18-22(17-6-5-10-25-12-17)21(23(24)27)15(2)26(18)13-16-8-9-19-20(11-16)29-14-28-19/h5-6,8-12H,3-4,7,13-14H2,1-2H3,(H2,24,27). The van der Waals surface area contributed by atoms with Crippen LogP contribution in [0.15, 0.2) is 42.7 Å². The topological polar surface area (TPSA) is 79.4 Å². The molecule has 3 aromatic rings. The van der Waals surface area contributed by atoms with E-state index in [0.717, 1.165) is 58.8 Å². The van der Waals surface area contributed by atoms with E-state index in [1.807, 2.05) is 37.3 Å². The Morgan fingerprint density at radius 1 is 1.24 bits per heavy atom. The third-order valence-electron chi connectivity index (χ3n) is 5.37. The van der Waals surface area contributed by atoms with Crippen LogP contribution in [-0.4, -0.2) is 22.3 Å². The Morgan fingerprint density at radius 2 is 2.07 bits per heavy atom. The number of pyridine rings is 1. The molecule has 0 radical (unpaired) electrons. The summed E-state index contributed by atoms with van der Waals surface area (Å²) in [6.45, 7) is 5.00. The average Bonchev–Trinajstić information content (AvgIpc) is 3.29. The van der Waals surface area contributed by atoms with E-state index in [4.69, 9.17) is 15.2 Å². The number of benzene rings is 1. The van der Waals surface area contributed by atoms with Crippen molar-refractivity contribution in [1.29, 1.82) is 0 Å². The first-order valence-electron chi connectivity index (χ1n) is 9.90. The van der Waals surface area contributed by atoms with Crippen LogP contribution in [0, 0.1) is 6.92 Å². The third kappa shape index (κ3) is 3.58. The van der Waals surface area contributed by atoms with Gasteiger partial charge in [0.2, 0.25) is 6.79 Å².